The van der Waals surface area contributed by atoms with E-state index in [4.69, 9.17) is 9.47 Å². The number of benzene rings is 2. The van der Waals surface area contributed by atoms with Crippen molar-refractivity contribution in [2.75, 3.05) is 14.2 Å². The highest BCUT2D eigenvalue weighted by Crippen LogP contribution is 2.33. The normalized spacial score (nSPS) is 14.4. The Morgan fingerprint density at radius 1 is 1.03 bits per heavy atom. The summed E-state index contributed by atoms with van der Waals surface area (Å²) in [6.07, 6.45) is 4.08. The van der Waals surface area contributed by atoms with Gasteiger partial charge in [-0.05, 0) is 36.6 Å². The number of methoxy groups -OCH3 is 2. The molecule has 1 fully saturated rings. The molecule has 0 spiro atoms. The Hall–Kier alpha value is -3.29. The van der Waals surface area contributed by atoms with Gasteiger partial charge in [-0.15, -0.1) is 0 Å². The van der Waals surface area contributed by atoms with E-state index in [9.17, 15) is 14.9 Å². The van der Waals surface area contributed by atoms with Gasteiger partial charge in [0.15, 0.2) is 11.5 Å². The molecule has 1 saturated carbocycles. The molecule has 0 atom stereocenters. The average molecular weight is 397 g/mol. The van der Waals surface area contributed by atoms with Crippen LogP contribution in [0, 0.1) is 10.1 Å². The van der Waals surface area contributed by atoms with Crippen LogP contribution >= 0.6 is 0 Å². The Kier molecular flexibility index (Phi) is 5.00. The van der Waals surface area contributed by atoms with Crippen molar-refractivity contribution in [2.45, 2.75) is 38.3 Å². The van der Waals surface area contributed by atoms with Crippen molar-refractivity contribution in [1.82, 2.24) is 9.13 Å². The zero-order valence-corrected chi connectivity index (χ0v) is 16.5. The molecular weight excluding hydrogens is 374 g/mol. The van der Waals surface area contributed by atoms with Gasteiger partial charge in [0.25, 0.3) is 5.69 Å². The van der Waals surface area contributed by atoms with Crippen LogP contribution in [0.5, 0.6) is 11.5 Å². The molecule has 29 heavy (non-hydrogen) atoms. The van der Waals surface area contributed by atoms with Gasteiger partial charge in [0.1, 0.15) is 0 Å². The molecule has 1 aromatic heterocycles. The van der Waals surface area contributed by atoms with E-state index < -0.39 is 4.92 Å². The summed E-state index contributed by atoms with van der Waals surface area (Å²) in [5, 5.41) is 11.3. The number of nitro benzene ring substituents is 1. The van der Waals surface area contributed by atoms with Crippen molar-refractivity contribution in [3.05, 3.63) is 62.6 Å². The summed E-state index contributed by atoms with van der Waals surface area (Å²) in [5.41, 5.74) is 2.00. The lowest BCUT2D eigenvalue weighted by Gasteiger charge is -2.11. The monoisotopic (exact) mass is 397 g/mol. The second kappa shape index (κ2) is 7.62. The van der Waals surface area contributed by atoms with Crippen molar-refractivity contribution in [2.24, 2.45) is 0 Å². The van der Waals surface area contributed by atoms with Crippen LogP contribution in [0.25, 0.3) is 11.0 Å². The number of non-ortho nitro benzene ring substituents is 1. The molecule has 2 aromatic carbocycles. The molecule has 4 rings (SSSR count). The third-order valence-electron chi connectivity index (χ3n) is 5.64. The molecular formula is C21H23N3O5. The van der Waals surface area contributed by atoms with Crippen molar-refractivity contribution < 1.29 is 14.4 Å². The molecule has 0 aliphatic heterocycles. The van der Waals surface area contributed by atoms with Crippen LogP contribution in [0.2, 0.25) is 0 Å². The largest absolute Gasteiger partial charge is 0.493 e. The third kappa shape index (κ3) is 3.35. The van der Waals surface area contributed by atoms with Crippen LogP contribution in [-0.2, 0) is 6.54 Å². The van der Waals surface area contributed by atoms with Gasteiger partial charge < -0.3 is 9.47 Å². The first-order valence-corrected chi connectivity index (χ1v) is 9.63. The van der Waals surface area contributed by atoms with E-state index in [1.54, 1.807) is 30.9 Å². The molecule has 0 saturated heterocycles. The quantitative estimate of drug-likeness (QED) is 0.465. The second-order valence-corrected chi connectivity index (χ2v) is 7.30. The Morgan fingerprint density at radius 3 is 2.41 bits per heavy atom. The lowest BCUT2D eigenvalue weighted by molar-refractivity contribution is -0.384. The maximum Gasteiger partial charge on any atom is 0.329 e. The first-order chi connectivity index (χ1) is 14.0. The summed E-state index contributed by atoms with van der Waals surface area (Å²) in [7, 11) is 3.12. The molecule has 0 bridgehead atoms. The van der Waals surface area contributed by atoms with Crippen LogP contribution in [0.3, 0.4) is 0 Å². The minimum atomic E-state index is -0.433. The lowest BCUT2D eigenvalue weighted by Crippen LogP contribution is -2.27. The highest BCUT2D eigenvalue weighted by Gasteiger charge is 2.25. The van der Waals surface area contributed by atoms with Gasteiger partial charge in [-0.1, -0.05) is 18.9 Å². The molecule has 1 aliphatic rings. The molecule has 8 heteroatoms. The highest BCUT2D eigenvalue weighted by atomic mass is 16.6. The molecule has 0 radical (unpaired) electrons. The third-order valence-corrected chi connectivity index (χ3v) is 5.64. The van der Waals surface area contributed by atoms with Crippen molar-refractivity contribution >= 4 is 16.7 Å². The minimum Gasteiger partial charge on any atom is -0.493 e. The fraction of sp³-hybridized carbons (Fsp3) is 0.381. The number of hydrogen-bond donors (Lipinski definition) is 0. The summed E-state index contributed by atoms with van der Waals surface area (Å²) < 4.78 is 14.1. The van der Waals surface area contributed by atoms with Crippen LogP contribution in [-0.4, -0.2) is 28.3 Å². The van der Waals surface area contributed by atoms with E-state index >= 15 is 0 Å². The van der Waals surface area contributed by atoms with Crippen molar-refractivity contribution in [1.29, 1.82) is 0 Å². The average Bonchev–Trinajstić information content (AvgIpc) is 3.34. The number of ether oxygens (including phenoxy) is 2. The molecule has 152 valence electrons. The Labute approximate surface area is 167 Å². The van der Waals surface area contributed by atoms with E-state index in [0.29, 0.717) is 17.0 Å². The predicted octanol–water partition coefficient (Wildman–Crippen LogP) is 3.89. The maximum atomic E-state index is 13.3. The number of rotatable bonds is 6. The van der Waals surface area contributed by atoms with E-state index in [1.165, 1.54) is 12.1 Å². The highest BCUT2D eigenvalue weighted by molar-refractivity contribution is 5.79. The second-order valence-electron chi connectivity index (χ2n) is 7.30. The van der Waals surface area contributed by atoms with E-state index in [2.05, 4.69) is 0 Å². The summed E-state index contributed by atoms with van der Waals surface area (Å²) >= 11 is 0. The van der Waals surface area contributed by atoms with Gasteiger partial charge in [-0.2, -0.15) is 0 Å². The molecule has 3 aromatic rings. The number of aromatic nitrogens is 2. The SMILES string of the molecule is COc1ccc(Cn2c(=O)n(C3CCCC3)c3ccc([N+](=O)[O-])cc32)cc1OC. The first-order valence-electron chi connectivity index (χ1n) is 9.63. The smallest absolute Gasteiger partial charge is 0.329 e. The van der Waals surface area contributed by atoms with Crippen LogP contribution in [0.15, 0.2) is 41.2 Å². The van der Waals surface area contributed by atoms with Gasteiger partial charge in [0, 0.05) is 18.2 Å². The van der Waals surface area contributed by atoms with E-state index in [1.807, 2.05) is 16.7 Å². The molecule has 1 aliphatic carbocycles. The Morgan fingerprint density at radius 2 is 1.76 bits per heavy atom. The number of nitro groups is 1. The van der Waals surface area contributed by atoms with Crippen molar-refractivity contribution in [3.63, 3.8) is 0 Å². The van der Waals surface area contributed by atoms with Gasteiger partial charge in [0.05, 0.1) is 36.7 Å². The minimum absolute atomic E-state index is 0.0258. The predicted molar refractivity (Wildman–Crippen MR) is 109 cm³/mol. The maximum absolute atomic E-state index is 13.3. The fourth-order valence-corrected chi connectivity index (χ4v) is 4.21. The molecule has 0 amide bonds. The van der Waals surface area contributed by atoms with Gasteiger partial charge >= 0.3 is 5.69 Å². The summed E-state index contributed by atoms with van der Waals surface area (Å²) in [6.45, 7) is 0.288. The van der Waals surface area contributed by atoms with Crippen LogP contribution in [0.4, 0.5) is 5.69 Å². The zero-order chi connectivity index (χ0) is 20.5. The summed E-state index contributed by atoms with van der Waals surface area (Å²) in [4.78, 5) is 24.2. The molecule has 0 N–H and O–H groups in total. The van der Waals surface area contributed by atoms with Crippen molar-refractivity contribution in [3.8, 4) is 11.5 Å². The zero-order valence-electron chi connectivity index (χ0n) is 16.5. The standard InChI is InChI=1S/C21H23N3O5/c1-28-19-10-7-14(11-20(19)29-2)13-22-18-12-16(24(26)27)8-9-17(18)23(21(22)25)15-5-3-4-6-15/h7-12,15H,3-6,13H2,1-2H3. The lowest BCUT2D eigenvalue weighted by atomic mass is 10.2. The number of fused-ring (bicyclic) bond motifs is 1. The van der Waals surface area contributed by atoms with E-state index in [0.717, 1.165) is 36.8 Å². The molecule has 0 unspecified atom stereocenters. The summed E-state index contributed by atoms with van der Waals surface area (Å²) in [6, 6.07) is 10.3. The van der Waals surface area contributed by atoms with E-state index in [-0.39, 0.29) is 24.0 Å². The van der Waals surface area contributed by atoms with Crippen LogP contribution in [0.1, 0.15) is 37.3 Å². The Bertz CT molecular complexity index is 1130. The molecule has 8 nitrogen and oxygen atoms in total. The van der Waals surface area contributed by atoms with Gasteiger partial charge in [0.2, 0.25) is 0 Å². The van der Waals surface area contributed by atoms with Gasteiger partial charge in [-0.3, -0.25) is 19.2 Å². The number of nitrogens with zero attached hydrogens (tertiary/aromatic N) is 3. The fourth-order valence-electron chi connectivity index (χ4n) is 4.21. The number of imidazole rings is 1. The topological polar surface area (TPSA) is 88.5 Å². The first kappa shape index (κ1) is 19.0. The summed E-state index contributed by atoms with van der Waals surface area (Å²) in [5.74, 6) is 1.18. The Balaban J connectivity index is 1.86. The van der Waals surface area contributed by atoms with Crippen LogP contribution < -0.4 is 15.2 Å². The molecule has 1 heterocycles. The van der Waals surface area contributed by atoms with Gasteiger partial charge in [-0.25, -0.2) is 4.79 Å². The number of hydrogen-bond acceptors (Lipinski definition) is 5.